The monoisotopic (exact) mass is 339 g/mol. The summed E-state index contributed by atoms with van der Waals surface area (Å²) in [4.78, 5) is 16.3. The third-order valence-electron chi connectivity index (χ3n) is 3.96. The number of benzene rings is 2. The zero-order valence-electron chi connectivity index (χ0n) is 13.9. The Morgan fingerprint density at radius 2 is 2.00 bits per heavy atom. The van der Waals surface area contributed by atoms with E-state index in [1.807, 2.05) is 42.0 Å². The zero-order chi connectivity index (χ0) is 17.8. The van der Waals surface area contributed by atoms with Crippen LogP contribution in [0.1, 0.15) is 28.9 Å². The number of hydrogen-bond acceptors (Lipinski definition) is 3. The third-order valence-corrected chi connectivity index (χ3v) is 3.96. The van der Waals surface area contributed by atoms with Gasteiger partial charge in [0, 0.05) is 24.1 Å². The lowest BCUT2D eigenvalue weighted by atomic mass is 10.1. The van der Waals surface area contributed by atoms with E-state index in [0.717, 1.165) is 11.3 Å². The molecule has 0 bridgehead atoms. The maximum absolute atomic E-state index is 14.0. The van der Waals surface area contributed by atoms with Crippen LogP contribution >= 0.6 is 0 Å². The van der Waals surface area contributed by atoms with Crippen molar-refractivity contribution >= 4 is 5.91 Å². The smallest absolute Gasteiger partial charge is 0.254 e. The van der Waals surface area contributed by atoms with Crippen molar-refractivity contribution in [2.24, 2.45) is 0 Å². The molecule has 1 unspecified atom stereocenters. The number of ether oxygens (including phenoxy) is 1. The van der Waals surface area contributed by atoms with Crippen molar-refractivity contribution in [1.29, 1.82) is 0 Å². The summed E-state index contributed by atoms with van der Waals surface area (Å²) in [6, 6.07) is 11.6. The van der Waals surface area contributed by atoms with Gasteiger partial charge < -0.3 is 14.6 Å². The van der Waals surface area contributed by atoms with Gasteiger partial charge in [-0.2, -0.15) is 0 Å². The second-order valence-corrected chi connectivity index (χ2v) is 5.60. The molecule has 0 aliphatic carbocycles. The summed E-state index contributed by atoms with van der Waals surface area (Å²) in [5.74, 6) is -0.706. The van der Waals surface area contributed by atoms with Gasteiger partial charge in [0.05, 0.1) is 25.0 Å². The van der Waals surface area contributed by atoms with E-state index in [1.165, 1.54) is 19.2 Å². The van der Waals surface area contributed by atoms with Crippen molar-refractivity contribution in [3.05, 3.63) is 78.1 Å². The first kappa shape index (κ1) is 16.7. The van der Waals surface area contributed by atoms with E-state index in [0.29, 0.717) is 5.75 Å². The van der Waals surface area contributed by atoms with Gasteiger partial charge in [0.15, 0.2) is 0 Å². The van der Waals surface area contributed by atoms with E-state index in [2.05, 4.69) is 10.3 Å². The predicted octanol–water partition coefficient (Wildman–Crippen LogP) is 3.51. The molecule has 0 aliphatic rings. The van der Waals surface area contributed by atoms with Crippen molar-refractivity contribution in [3.8, 4) is 11.4 Å². The Morgan fingerprint density at radius 3 is 2.60 bits per heavy atom. The summed E-state index contributed by atoms with van der Waals surface area (Å²) in [6.45, 7) is 1.85. The van der Waals surface area contributed by atoms with Gasteiger partial charge in [0.25, 0.3) is 5.91 Å². The molecule has 3 aromatic rings. The Labute approximate surface area is 145 Å². The number of nitrogens with zero attached hydrogens (tertiary/aromatic N) is 2. The summed E-state index contributed by atoms with van der Waals surface area (Å²) in [5, 5.41) is 2.81. The number of amides is 1. The van der Waals surface area contributed by atoms with Crippen LogP contribution in [0.15, 0.2) is 61.2 Å². The van der Waals surface area contributed by atoms with Gasteiger partial charge >= 0.3 is 0 Å². The molecule has 6 heteroatoms. The topological polar surface area (TPSA) is 56.1 Å². The standard InChI is InChI=1S/C19H18FN3O2/c1-13(14-3-5-15(6-4-14)23-10-9-21-12-23)22-19(24)17-8-7-16(25-2)11-18(17)20/h3-13H,1-2H3,(H,22,24). The molecule has 1 amide bonds. The second-order valence-electron chi connectivity index (χ2n) is 5.60. The largest absolute Gasteiger partial charge is 0.497 e. The maximum atomic E-state index is 14.0. The second kappa shape index (κ2) is 7.17. The maximum Gasteiger partial charge on any atom is 0.254 e. The highest BCUT2D eigenvalue weighted by Gasteiger charge is 2.16. The highest BCUT2D eigenvalue weighted by Crippen LogP contribution is 2.19. The van der Waals surface area contributed by atoms with Crippen LogP contribution in [0.5, 0.6) is 5.75 Å². The Balaban J connectivity index is 1.71. The molecule has 0 spiro atoms. The Bertz CT molecular complexity index is 861. The summed E-state index contributed by atoms with van der Waals surface area (Å²) < 4.78 is 20.8. The summed E-state index contributed by atoms with van der Waals surface area (Å²) in [7, 11) is 1.45. The van der Waals surface area contributed by atoms with E-state index in [1.54, 1.807) is 18.6 Å². The first-order chi connectivity index (χ1) is 12.1. The first-order valence-corrected chi connectivity index (χ1v) is 7.81. The summed E-state index contributed by atoms with van der Waals surface area (Å²) >= 11 is 0. The number of rotatable bonds is 5. The molecule has 2 aromatic carbocycles. The van der Waals surface area contributed by atoms with Crippen LogP contribution in [0.3, 0.4) is 0 Å². The molecule has 0 radical (unpaired) electrons. The number of hydrogen-bond donors (Lipinski definition) is 1. The van der Waals surface area contributed by atoms with Crippen LogP contribution in [0, 0.1) is 5.82 Å². The van der Waals surface area contributed by atoms with E-state index < -0.39 is 11.7 Å². The average Bonchev–Trinajstić information content (AvgIpc) is 3.16. The first-order valence-electron chi connectivity index (χ1n) is 7.81. The lowest BCUT2D eigenvalue weighted by Gasteiger charge is -2.15. The fourth-order valence-corrected chi connectivity index (χ4v) is 2.51. The van der Waals surface area contributed by atoms with E-state index in [9.17, 15) is 9.18 Å². The van der Waals surface area contributed by atoms with Crippen LogP contribution in [-0.2, 0) is 0 Å². The fourth-order valence-electron chi connectivity index (χ4n) is 2.51. The van der Waals surface area contributed by atoms with Gasteiger partial charge in [-0.25, -0.2) is 9.37 Å². The molecule has 1 N–H and O–H groups in total. The molecule has 5 nitrogen and oxygen atoms in total. The van der Waals surface area contributed by atoms with Gasteiger partial charge in [0.2, 0.25) is 0 Å². The van der Waals surface area contributed by atoms with E-state index in [-0.39, 0.29) is 11.6 Å². The lowest BCUT2D eigenvalue weighted by molar-refractivity contribution is 0.0936. The van der Waals surface area contributed by atoms with E-state index in [4.69, 9.17) is 4.74 Å². The normalized spacial score (nSPS) is 11.8. The van der Waals surface area contributed by atoms with Crippen LogP contribution in [-0.4, -0.2) is 22.6 Å². The quantitative estimate of drug-likeness (QED) is 0.774. The molecule has 1 aromatic heterocycles. The molecule has 3 rings (SSSR count). The number of carbonyl (C=O) groups excluding carboxylic acids is 1. The van der Waals surface area contributed by atoms with Crippen molar-refractivity contribution < 1.29 is 13.9 Å². The fraction of sp³-hybridized carbons (Fsp3) is 0.158. The third kappa shape index (κ3) is 3.68. The van der Waals surface area contributed by atoms with Gasteiger partial charge in [-0.3, -0.25) is 4.79 Å². The molecular weight excluding hydrogens is 321 g/mol. The Hall–Kier alpha value is -3.15. The van der Waals surface area contributed by atoms with Gasteiger partial charge in [-0.1, -0.05) is 12.1 Å². The Morgan fingerprint density at radius 1 is 1.24 bits per heavy atom. The molecule has 0 saturated heterocycles. The van der Waals surface area contributed by atoms with Gasteiger partial charge in [0.1, 0.15) is 11.6 Å². The van der Waals surface area contributed by atoms with Crippen LogP contribution in [0.25, 0.3) is 5.69 Å². The number of methoxy groups -OCH3 is 1. The molecule has 0 aliphatic heterocycles. The van der Waals surface area contributed by atoms with Crippen LogP contribution < -0.4 is 10.1 Å². The number of halogens is 1. The number of carbonyl (C=O) groups is 1. The molecule has 0 saturated carbocycles. The van der Waals surface area contributed by atoms with Crippen molar-refractivity contribution in [1.82, 2.24) is 14.9 Å². The molecule has 25 heavy (non-hydrogen) atoms. The number of imidazole rings is 1. The van der Waals surface area contributed by atoms with Gasteiger partial charge in [-0.15, -0.1) is 0 Å². The molecular formula is C19H18FN3O2. The molecule has 0 fully saturated rings. The lowest BCUT2D eigenvalue weighted by Crippen LogP contribution is -2.27. The van der Waals surface area contributed by atoms with E-state index >= 15 is 0 Å². The van der Waals surface area contributed by atoms with Crippen molar-refractivity contribution in [3.63, 3.8) is 0 Å². The molecule has 128 valence electrons. The highest BCUT2D eigenvalue weighted by molar-refractivity contribution is 5.94. The minimum atomic E-state index is -0.612. The summed E-state index contributed by atoms with van der Waals surface area (Å²) in [6.07, 6.45) is 5.28. The molecule has 1 heterocycles. The predicted molar refractivity (Wildman–Crippen MR) is 92.4 cm³/mol. The SMILES string of the molecule is COc1ccc(C(=O)NC(C)c2ccc(-n3ccnc3)cc2)c(F)c1. The molecule has 1 atom stereocenters. The number of nitrogens with one attached hydrogen (secondary N) is 1. The minimum absolute atomic E-state index is 0.0114. The number of aromatic nitrogens is 2. The highest BCUT2D eigenvalue weighted by atomic mass is 19.1. The minimum Gasteiger partial charge on any atom is -0.497 e. The van der Waals surface area contributed by atoms with Crippen LogP contribution in [0.2, 0.25) is 0 Å². The van der Waals surface area contributed by atoms with Crippen molar-refractivity contribution in [2.75, 3.05) is 7.11 Å². The average molecular weight is 339 g/mol. The Kier molecular flexibility index (Phi) is 4.79. The van der Waals surface area contributed by atoms with Gasteiger partial charge in [-0.05, 0) is 36.8 Å². The summed E-state index contributed by atoms with van der Waals surface area (Å²) in [5.41, 5.74) is 1.88. The zero-order valence-corrected chi connectivity index (χ0v) is 13.9. The van der Waals surface area contributed by atoms with Crippen molar-refractivity contribution in [2.45, 2.75) is 13.0 Å². The van der Waals surface area contributed by atoms with Crippen LogP contribution in [0.4, 0.5) is 4.39 Å².